The number of benzene rings is 2. The number of ether oxygens (including phenoxy) is 2. The van der Waals surface area contributed by atoms with Crippen molar-refractivity contribution in [2.75, 3.05) is 14.2 Å². The Kier molecular flexibility index (Phi) is 5.36. The second kappa shape index (κ2) is 7.45. The van der Waals surface area contributed by atoms with Gasteiger partial charge < -0.3 is 14.8 Å². The molecule has 7 heteroatoms. The number of nitro benzene ring substituents is 1. The van der Waals surface area contributed by atoms with Crippen LogP contribution in [0.5, 0.6) is 11.5 Å². The van der Waals surface area contributed by atoms with Gasteiger partial charge in [0.05, 0.1) is 19.1 Å². The van der Waals surface area contributed by atoms with Crippen LogP contribution in [0.15, 0.2) is 36.4 Å². The van der Waals surface area contributed by atoms with Gasteiger partial charge >= 0.3 is 0 Å². The number of nitrogens with zero attached hydrogens (tertiary/aromatic N) is 1. The second-order valence-electron chi connectivity index (χ2n) is 5.09. The van der Waals surface area contributed by atoms with Gasteiger partial charge in [0.1, 0.15) is 0 Å². The van der Waals surface area contributed by atoms with E-state index in [1.54, 1.807) is 26.2 Å². The molecule has 0 saturated carbocycles. The summed E-state index contributed by atoms with van der Waals surface area (Å²) in [6.07, 6.45) is 0. The normalized spacial score (nSPS) is 10.1. The van der Waals surface area contributed by atoms with Crippen molar-refractivity contribution in [3.8, 4) is 11.5 Å². The smallest absolute Gasteiger partial charge is 0.272 e. The molecular weight excluding hydrogens is 312 g/mol. The van der Waals surface area contributed by atoms with Gasteiger partial charge in [-0.1, -0.05) is 12.1 Å². The molecule has 2 rings (SSSR count). The number of hydrogen-bond acceptors (Lipinski definition) is 5. The molecule has 0 spiro atoms. The summed E-state index contributed by atoms with van der Waals surface area (Å²) in [5.74, 6) is 0.813. The number of carbonyl (C=O) groups is 1. The van der Waals surface area contributed by atoms with Gasteiger partial charge in [-0.15, -0.1) is 0 Å². The van der Waals surface area contributed by atoms with Crippen LogP contribution < -0.4 is 14.8 Å². The Labute approximate surface area is 139 Å². The first-order valence-electron chi connectivity index (χ1n) is 7.21. The Morgan fingerprint density at radius 2 is 1.96 bits per heavy atom. The highest BCUT2D eigenvalue weighted by atomic mass is 16.6. The van der Waals surface area contributed by atoms with Crippen LogP contribution in [0.2, 0.25) is 0 Å². The first-order chi connectivity index (χ1) is 11.5. The lowest BCUT2D eigenvalue weighted by atomic mass is 10.1. The molecule has 1 amide bonds. The van der Waals surface area contributed by atoms with Crippen molar-refractivity contribution in [1.29, 1.82) is 0 Å². The van der Waals surface area contributed by atoms with E-state index in [1.807, 2.05) is 6.07 Å². The lowest BCUT2D eigenvalue weighted by Gasteiger charge is -2.13. The van der Waals surface area contributed by atoms with Crippen LogP contribution in [0, 0.1) is 17.0 Å². The zero-order valence-corrected chi connectivity index (χ0v) is 13.7. The summed E-state index contributed by atoms with van der Waals surface area (Å²) in [6, 6.07) is 9.65. The number of carbonyl (C=O) groups excluding carboxylic acids is 1. The average molecular weight is 330 g/mol. The molecule has 0 heterocycles. The lowest BCUT2D eigenvalue weighted by molar-refractivity contribution is -0.385. The molecule has 7 nitrogen and oxygen atoms in total. The van der Waals surface area contributed by atoms with E-state index >= 15 is 0 Å². The van der Waals surface area contributed by atoms with Crippen LogP contribution in [-0.2, 0) is 6.54 Å². The number of amides is 1. The van der Waals surface area contributed by atoms with Gasteiger partial charge in [0, 0.05) is 29.3 Å². The third-order valence-electron chi connectivity index (χ3n) is 3.58. The van der Waals surface area contributed by atoms with E-state index in [2.05, 4.69) is 5.32 Å². The van der Waals surface area contributed by atoms with E-state index in [9.17, 15) is 14.9 Å². The number of aryl methyl sites for hydroxylation is 1. The zero-order chi connectivity index (χ0) is 17.7. The van der Waals surface area contributed by atoms with Crippen molar-refractivity contribution >= 4 is 11.6 Å². The molecular formula is C17H18N2O5. The fraction of sp³-hybridized carbons (Fsp3) is 0.235. The van der Waals surface area contributed by atoms with Crippen molar-refractivity contribution in [3.05, 3.63) is 63.2 Å². The van der Waals surface area contributed by atoms with Crippen molar-refractivity contribution in [2.24, 2.45) is 0 Å². The topological polar surface area (TPSA) is 90.7 Å². The van der Waals surface area contributed by atoms with Crippen molar-refractivity contribution in [2.45, 2.75) is 13.5 Å². The number of para-hydroxylation sites is 1. The molecule has 126 valence electrons. The van der Waals surface area contributed by atoms with Crippen LogP contribution in [0.4, 0.5) is 5.69 Å². The number of rotatable bonds is 6. The van der Waals surface area contributed by atoms with Crippen LogP contribution >= 0.6 is 0 Å². The molecule has 2 aromatic carbocycles. The predicted octanol–water partition coefficient (Wildman–Crippen LogP) is 2.85. The molecule has 0 atom stereocenters. The highest BCUT2D eigenvalue weighted by molar-refractivity contribution is 5.94. The van der Waals surface area contributed by atoms with Gasteiger partial charge in [0.15, 0.2) is 11.5 Å². The molecule has 0 aliphatic heterocycles. The van der Waals surface area contributed by atoms with Gasteiger partial charge in [0.2, 0.25) is 0 Å². The maximum Gasteiger partial charge on any atom is 0.272 e. The van der Waals surface area contributed by atoms with Crippen LogP contribution in [0.25, 0.3) is 0 Å². The summed E-state index contributed by atoms with van der Waals surface area (Å²) in [7, 11) is 3.07. The Morgan fingerprint density at radius 1 is 1.21 bits per heavy atom. The maximum atomic E-state index is 12.3. The zero-order valence-electron chi connectivity index (χ0n) is 13.7. The minimum Gasteiger partial charge on any atom is -0.493 e. The molecule has 0 fully saturated rings. The predicted molar refractivity (Wildman–Crippen MR) is 88.5 cm³/mol. The Balaban J connectivity index is 2.14. The monoisotopic (exact) mass is 330 g/mol. The van der Waals surface area contributed by atoms with E-state index in [-0.39, 0.29) is 18.1 Å². The van der Waals surface area contributed by atoms with Gasteiger partial charge in [-0.05, 0) is 25.1 Å². The molecule has 0 radical (unpaired) electrons. The van der Waals surface area contributed by atoms with E-state index in [0.29, 0.717) is 22.6 Å². The van der Waals surface area contributed by atoms with Gasteiger partial charge in [-0.3, -0.25) is 14.9 Å². The van der Waals surface area contributed by atoms with Gasteiger partial charge in [-0.2, -0.15) is 0 Å². The molecule has 2 aromatic rings. The molecule has 0 unspecified atom stereocenters. The Morgan fingerprint density at radius 3 is 2.54 bits per heavy atom. The molecule has 1 N–H and O–H groups in total. The molecule has 0 aliphatic carbocycles. The van der Waals surface area contributed by atoms with Crippen LogP contribution in [-0.4, -0.2) is 25.1 Å². The van der Waals surface area contributed by atoms with Crippen molar-refractivity contribution < 1.29 is 19.2 Å². The summed E-state index contributed by atoms with van der Waals surface area (Å²) in [5, 5.41) is 13.6. The van der Waals surface area contributed by atoms with E-state index in [4.69, 9.17) is 9.47 Å². The molecule has 24 heavy (non-hydrogen) atoms. The Bertz CT molecular complexity index is 774. The van der Waals surface area contributed by atoms with Crippen LogP contribution in [0.1, 0.15) is 21.5 Å². The average Bonchev–Trinajstić information content (AvgIpc) is 2.58. The van der Waals surface area contributed by atoms with E-state index < -0.39 is 4.92 Å². The summed E-state index contributed by atoms with van der Waals surface area (Å²) < 4.78 is 10.5. The third-order valence-corrected chi connectivity index (χ3v) is 3.58. The fourth-order valence-electron chi connectivity index (χ4n) is 2.37. The van der Waals surface area contributed by atoms with E-state index in [0.717, 1.165) is 5.56 Å². The highest BCUT2D eigenvalue weighted by Gasteiger charge is 2.15. The molecule has 0 bridgehead atoms. The quantitative estimate of drug-likeness (QED) is 0.649. The van der Waals surface area contributed by atoms with Crippen molar-refractivity contribution in [1.82, 2.24) is 5.32 Å². The summed E-state index contributed by atoms with van der Waals surface area (Å²) in [5.41, 5.74) is 1.55. The first kappa shape index (κ1) is 17.3. The molecule has 0 aromatic heterocycles. The highest BCUT2D eigenvalue weighted by Crippen LogP contribution is 2.30. The lowest BCUT2D eigenvalue weighted by Crippen LogP contribution is -2.23. The third kappa shape index (κ3) is 3.62. The minimum absolute atomic E-state index is 0.0129. The molecule has 0 saturated heterocycles. The summed E-state index contributed by atoms with van der Waals surface area (Å²) in [4.78, 5) is 22.6. The van der Waals surface area contributed by atoms with E-state index in [1.165, 1.54) is 25.3 Å². The second-order valence-corrected chi connectivity index (χ2v) is 5.09. The SMILES string of the molecule is COc1cccc(CNC(=O)c2ccc([N+](=O)[O-])c(C)c2)c1OC. The van der Waals surface area contributed by atoms with Gasteiger partial charge in [0.25, 0.3) is 11.6 Å². The number of hydrogen-bond donors (Lipinski definition) is 1. The number of nitrogens with one attached hydrogen (secondary N) is 1. The Hall–Kier alpha value is -3.09. The standard InChI is InChI=1S/C17H18N2O5/c1-11-9-12(7-8-14(11)19(21)22)17(20)18-10-13-5-4-6-15(23-2)16(13)24-3/h4-9H,10H2,1-3H3,(H,18,20). The van der Waals surface area contributed by atoms with Crippen LogP contribution in [0.3, 0.4) is 0 Å². The van der Waals surface area contributed by atoms with Gasteiger partial charge in [-0.25, -0.2) is 0 Å². The maximum absolute atomic E-state index is 12.3. The number of nitro groups is 1. The van der Waals surface area contributed by atoms with Crippen molar-refractivity contribution in [3.63, 3.8) is 0 Å². The number of methoxy groups -OCH3 is 2. The summed E-state index contributed by atoms with van der Waals surface area (Å²) in [6.45, 7) is 1.84. The minimum atomic E-state index is -0.474. The summed E-state index contributed by atoms with van der Waals surface area (Å²) >= 11 is 0. The molecule has 0 aliphatic rings. The largest absolute Gasteiger partial charge is 0.493 e. The first-order valence-corrected chi connectivity index (χ1v) is 7.21. The fourth-order valence-corrected chi connectivity index (χ4v) is 2.37.